The molecule has 2 N–H and O–H groups in total. The van der Waals surface area contributed by atoms with E-state index in [1.807, 2.05) is 53.4 Å². The molecule has 3 nitrogen and oxygen atoms in total. The topological polar surface area (TPSA) is 36.1 Å². The number of anilines is 1. The van der Waals surface area contributed by atoms with Crippen molar-refractivity contribution in [1.29, 1.82) is 0 Å². The summed E-state index contributed by atoms with van der Waals surface area (Å²) in [4.78, 5) is 0.437. The highest BCUT2D eigenvalue weighted by molar-refractivity contribution is 9.10. The van der Waals surface area contributed by atoms with Crippen LogP contribution in [0.1, 0.15) is 43.0 Å². The van der Waals surface area contributed by atoms with Crippen LogP contribution in [0.3, 0.4) is 0 Å². The van der Waals surface area contributed by atoms with E-state index in [0.717, 1.165) is 21.3 Å². The molecule has 0 amide bonds. The summed E-state index contributed by atoms with van der Waals surface area (Å²) in [7, 11) is 0. The third-order valence-electron chi connectivity index (χ3n) is 5.00. The Morgan fingerprint density at radius 1 is 0.968 bits per heavy atom. The Labute approximate surface area is 198 Å². The summed E-state index contributed by atoms with van der Waals surface area (Å²) in [5, 5.41) is 14.6. The molecule has 31 heavy (non-hydrogen) atoms. The average molecular weight is 496 g/mol. The Hall–Kier alpha value is -2.50. The molecule has 0 aliphatic heterocycles. The highest BCUT2D eigenvalue weighted by Gasteiger charge is 2.26. The lowest BCUT2D eigenvalue weighted by Crippen LogP contribution is -2.39. The van der Waals surface area contributed by atoms with Crippen molar-refractivity contribution in [2.24, 2.45) is 0 Å². The first-order valence-corrected chi connectivity index (χ1v) is 11.4. The van der Waals surface area contributed by atoms with Crippen molar-refractivity contribution in [1.82, 2.24) is 0 Å². The molecule has 160 valence electrons. The number of aromatic nitrogens is 1. The zero-order valence-electron chi connectivity index (χ0n) is 18.5. The van der Waals surface area contributed by atoms with E-state index in [4.69, 9.17) is 12.2 Å². The van der Waals surface area contributed by atoms with Gasteiger partial charge in [-0.2, -0.15) is 4.57 Å². The molecule has 1 heterocycles. The number of aliphatic hydroxyl groups is 1. The van der Waals surface area contributed by atoms with E-state index < -0.39 is 0 Å². The van der Waals surface area contributed by atoms with Gasteiger partial charge in [-0.1, -0.05) is 67.1 Å². The summed E-state index contributed by atoms with van der Waals surface area (Å²) in [6, 6.07) is 17.9. The van der Waals surface area contributed by atoms with Crippen LogP contribution in [-0.4, -0.2) is 10.1 Å². The molecule has 3 aromatic rings. The molecule has 0 bridgehead atoms. The van der Waals surface area contributed by atoms with Crippen molar-refractivity contribution in [3.63, 3.8) is 0 Å². The second-order valence-corrected chi connectivity index (χ2v) is 10.0. The summed E-state index contributed by atoms with van der Waals surface area (Å²) < 4.78 is 2.66. The summed E-state index contributed by atoms with van der Waals surface area (Å²) in [6.45, 7) is 10.6. The van der Waals surface area contributed by atoms with E-state index in [-0.39, 0.29) is 11.2 Å². The predicted octanol–water partition coefficient (Wildman–Crippen LogP) is 6.97. The summed E-state index contributed by atoms with van der Waals surface area (Å²) >= 11 is 9.33. The van der Waals surface area contributed by atoms with Gasteiger partial charge < -0.3 is 10.4 Å². The van der Waals surface area contributed by atoms with Crippen LogP contribution < -0.4 is 9.88 Å². The quantitative estimate of drug-likeness (QED) is 0.177. The highest BCUT2D eigenvalue weighted by Crippen LogP contribution is 2.27. The first-order chi connectivity index (χ1) is 14.6. The van der Waals surface area contributed by atoms with Gasteiger partial charge in [0.1, 0.15) is 0 Å². The molecule has 0 radical (unpaired) electrons. The van der Waals surface area contributed by atoms with E-state index in [2.05, 4.69) is 74.1 Å². The fourth-order valence-corrected chi connectivity index (χ4v) is 4.23. The van der Waals surface area contributed by atoms with Gasteiger partial charge in [0.05, 0.1) is 0 Å². The number of halogens is 1. The lowest BCUT2D eigenvalue weighted by atomic mass is 9.88. The minimum Gasteiger partial charge on any atom is -0.502 e. The molecule has 0 fully saturated rings. The monoisotopic (exact) mass is 495 g/mol. The first-order valence-electron chi connectivity index (χ1n) is 10.2. The maximum absolute atomic E-state index is 11.3. The molecule has 0 atom stereocenters. The number of nitrogens with one attached hydrogen (secondary N) is 1. The molecular formula is C26H28BrN2OS+. The van der Waals surface area contributed by atoms with Crippen molar-refractivity contribution in [3.05, 3.63) is 93.7 Å². The Balaban J connectivity index is 2.11. The molecule has 1 aromatic heterocycles. The van der Waals surface area contributed by atoms with E-state index in [1.54, 1.807) is 0 Å². The van der Waals surface area contributed by atoms with Gasteiger partial charge in [0, 0.05) is 27.9 Å². The van der Waals surface area contributed by atoms with Gasteiger partial charge in [-0.25, -0.2) is 0 Å². The van der Waals surface area contributed by atoms with E-state index in [1.165, 1.54) is 5.56 Å². The standard InChI is InChI=1S/C26H27BrN2OS/c1-17-14-18(2)16-20(15-17)28-25(31)23(24(30)21-8-6-7-9-22(21)27)29-12-10-19(11-13-29)26(3,4)5/h6-16H,1-5H3,(H-,28,30,31)/p+1. The Morgan fingerprint density at radius 3 is 2.10 bits per heavy atom. The molecule has 0 aliphatic carbocycles. The number of aryl methyl sites for hydroxylation is 2. The average Bonchev–Trinajstić information content (AvgIpc) is 2.67. The van der Waals surface area contributed by atoms with Crippen molar-refractivity contribution in [3.8, 4) is 0 Å². The van der Waals surface area contributed by atoms with Crippen LogP contribution in [0.5, 0.6) is 0 Å². The van der Waals surface area contributed by atoms with Crippen LogP contribution in [0.4, 0.5) is 5.69 Å². The molecule has 0 aliphatic rings. The van der Waals surface area contributed by atoms with Crippen LogP contribution >= 0.6 is 28.1 Å². The fraction of sp³-hybridized carbons (Fsp3) is 0.231. The van der Waals surface area contributed by atoms with Gasteiger partial charge in [0.25, 0.3) is 5.70 Å². The van der Waals surface area contributed by atoms with E-state index in [9.17, 15) is 5.11 Å². The Morgan fingerprint density at radius 2 is 1.55 bits per heavy atom. The third-order valence-corrected chi connectivity index (χ3v) is 5.99. The predicted molar refractivity (Wildman–Crippen MR) is 137 cm³/mol. The minimum absolute atomic E-state index is 0.0331. The van der Waals surface area contributed by atoms with Crippen molar-refractivity contribution in [2.75, 3.05) is 5.32 Å². The number of hydrogen-bond donors (Lipinski definition) is 2. The normalized spacial score (nSPS) is 12.3. The largest absolute Gasteiger partial charge is 0.502 e. The zero-order chi connectivity index (χ0) is 22.8. The van der Waals surface area contributed by atoms with Gasteiger partial charge in [0.15, 0.2) is 23.1 Å². The van der Waals surface area contributed by atoms with Crippen LogP contribution in [0.25, 0.3) is 11.5 Å². The Bertz CT molecular complexity index is 1120. The molecule has 3 rings (SSSR count). The molecule has 0 spiro atoms. The van der Waals surface area contributed by atoms with Gasteiger partial charge in [-0.3, -0.25) is 0 Å². The maximum Gasteiger partial charge on any atom is 0.288 e. The van der Waals surface area contributed by atoms with Crippen LogP contribution in [0.15, 0.2) is 71.5 Å². The van der Waals surface area contributed by atoms with E-state index >= 15 is 0 Å². The Kier molecular flexibility index (Phi) is 6.97. The number of hydrogen-bond acceptors (Lipinski definition) is 2. The second-order valence-electron chi connectivity index (χ2n) is 8.75. The van der Waals surface area contributed by atoms with Crippen LogP contribution in [-0.2, 0) is 5.41 Å². The lowest BCUT2D eigenvalue weighted by Gasteiger charge is -2.18. The molecular weight excluding hydrogens is 468 g/mol. The maximum atomic E-state index is 11.3. The molecule has 0 unspecified atom stereocenters. The third kappa shape index (κ3) is 5.60. The lowest BCUT2D eigenvalue weighted by molar-refractivity contribution is -0.575. The van der Waals surface area contributed by atoms with Crippen molar-refractivity contribution < 1.29 is 9.67 Å². The zero-order valence-corrected chi connectivity index (χ0v) is 20.9. The number of benzene rings is 2. The number of nitrogens with zero attached hydrogens (tertiary/aromatic N) is 1. The molecule has 0 saturated carbocycles. The summed E-state index contributed by atoms with van der Waals surface area (Å²) in [5.74, 6) is 0.0999. The second kappa shape index (κ2) is 9.33. The highest BCUT2D eigenvalue weighted by atomic mass is 79.9. The van der Waals surface area contributed by atoms with Crippen molar-refractivity contribution in [2.45, 2.75) is 40.0 Å². The summed E-state index contributed by atoms with van der Waals surface area (Å²) in [6.07, 6.45) is 3.89. The summed E-state index contributed by atoms with van der Waals surface area (Å²) in [5.41, 5.74) is 5.62. The van der Waals surface area contributed by atoms with Crippen LogP contribution in [0.2, 0.25) is 0 Å². The number of thiocarbonyl (C=S) groups is 1. The fourth-order valence-electron chi connectivity index (χ4n) is 3.44. The van der Waals surface area contributed by atoms with E-state index in [0.29, 0.717) is 16.2 Å². The SMILES string of the molecule is Cc1cc(C)cc(NC(=S)/C(=C(\O)c2ccccc2Br)[n+]2ccc(C(C)(C)C)cc2)c1. The number of aliphatic hydroxyl groups excluding tert-OH is 1. The first kappa shape index (κ1) is 23.2. The minimum atomic E-state index is 0.0331. The molecule has 2 aromatic carbocycles. The van der Waals surface area contributed by atoms with Crippen molar-refractivity contribution >= 4 is 50.3 Å². The smallest absolute Gasteiger partial charge is 0.288 e. The van der Waals surface area contributed by atoms with Gasteiger partial charge in [-0.05, 0) is 60.2 Å². The molecule has 5 heteroatoms. The van der Waals surface area contributed by atoms with Crippen LogP contribution in [0, 0.1) is 13.8 Å². The number of pyridine rings is 1. The molecule has 0 saturated heterocycles. The van der Waals surface area contributed by atoms with Gasteiger partial charge in [0.2, 0.25) is 0 Å². The van der Waals surface area contributed by atoms with Gasteiger partial charge in [-0.15, -0.1) is 0 Å². The number of rotatable bonds is 4. The van der Waals surface area contributed by atoms with Gasteiger partial charge >= 0.3 is 0 Å².